The summed E-state index contributed by atoms with van der Waals surface area (Å²) >= 11 is 0. The molecule has 1 unspecified atom stereocenters. The van der Waals surface area contributed by atoms with E-state index in [2.05, 4.69) is 4.74 Å². The molecule has 0 saturated carbocycles. The summed E-state index contributed by atoms with van der Waals surface area (Å²) in [4.78, 5) is 20.7. The third kappa shape index (κ3) is 1.55. The van der Waals surface area contributed by atoms with Crippen LogP contribution in [0.15, 0.2) is 0 Å². The van der Waals surface area contributed by atoms with E-state index in [9.17, 15) is 22.6 Å². The Labute approximate surface area is 61.9 Å². The zero-order valence-electron chi connectivity index (χ0n) is 5.14. The molecule has 0 aromatic heterocycles. The van der Waals surface area contributed by atoms with Crippen LogP contribution in [0, 0.1) is 0 Å². The van der Waals surface area contributed by atoms with Gasteiger partial charge in [-0.15, -0.1) is 0 Å². The summed E-state index contributed by atoms with van der Waals surface area (Å²) in [5, 5.41) is -1.84. The van der Waals surface area contributed by atoms with E-state index in [0.717, 1.165) is 0 Å². The maximum Gasteiger partial charge on any atom is 0.331 e. The Morgan fingerprint density at radius 1 is 1.45 bits per heavy atom. The van der Waals surface area contributed by atoms with E-state index >= 15 is 0 Å². The molecule has 1 aliphatic heterocycles. The fraction of sp³-hybridized carbons (Fsp3) is 0.500. The number of esters is 2. The molecule has 1 rings (SSSR count). The first kappa shape index (κ1) is 8.15. The van der Waals surface area contributed by atoms with Crippen LogP contribution in [-0.2, 0) is 24.4 Å². The molecule has 1 fully saturated rings. The van der Waals surface area contributed by atoms with Crippen LogP contribution in [0.1, 0.15) is 6.42 Å². The van der Waals surface area contributed by atoms with Crippen molar-refractivity contribution in [2.45, 2.75) is 11.7 Å². The van der Waals surface area contributed by atoms with Crippen LogP contribution in [0.25, 0.3) is 0 Å². The summed E-state index contributed by atoms with van der Waals surface area (Å²) < 4.78 is 34.4. The van der Waals surface area contributed by atoms with Crippen LogP contribution in [0.5, 0.6) is 0 Å². The molecule has 0 aromatic rings. The van der Waals surface area contributed by atoms with Crippen molar-refractivity contribution >= 4 is 22.1 Å². The Balaban J connectivity index is 2.94. The minimum Gasteiger partial charge on any atom is -0.747 e. The van der Waals surface area contributed by atoms with Gasteiger partial charge in [-0.1, -0.05) is 0 Å². The number of hydrogen-bond donors (Lipinski definition) is 0. The summed E-state index contributed by atoms with van der Waals surface area (Å²) in [6.45, 7) is 0. The maximum atomic E-state index is 10.4. The van der Waals surface area contributed by atoms with Crippen molar-refractivity contribution in [3.05, 3.63) is 0 Å². The molecule has 7 heteroatoms. The molecule has 6 nitrogen and oxygen atoms in total. The van der Waals surface area contributed by atoms with E-state index < -0.39 is 33.7 Å². The molecule has 0 bridgehead atoms. The summed E-state index contributed by atoms with van der Waals surface area (Å²) in [6, 6.07) is 0. The summed E-state index contributed by atoms with van der Waals surface area (Å²) in [7, 11) is -4.73. The third-order valence-corrected chi connectivity index (χ3v) is 2.23. The smallest absolute Gasteiger partial charge is 0.331 e. The Morgan fingerprint density at radius 2 is 2.00 bits per heavy atom. The largest absolute Gasteiger partial charge is 0.747 e. The normalized spacial score (nSPS) is 25.4. The number of carbonyl (C=O) groups is 2. The minimum atomic E-state index is -4.73. The lowest BCUT2D eigenvalue weighted by Crippen LogP contribution is -2.25. The Hall–Kier alpha value is -0.950. The number of rotatable bonds is 1. The van der Waals surface area contributed by atoms with E-state index in [4.69, 9.17) is 0 Å². The molecule has 62 valence electrons. The van der Waals surface area contributed by atoms with Gasteiger partial charge >= 0.3 is 11.9 Å². The Kier molecular flexibility index (Phi) is 1.69. The van der Waals surface area contributed by atoms with E-state index in [0.29, 0.717) is 0 Å². The Morgan fingerprint density at radius 3 is 2.18 bits per heavy atom. The molecule has 1 saturated heterocycles. The molecule has 0 amide bonds. The maximum absolute atomic E-state index is 10.4. The van der Waals surface area contributed by atoms with E-state index in [1.807, 2.05) is 0 Å². The first-order valence-electron chi connectivity index (χ1n) is 2.60. The summed E-state index contributed by atoms with van der Waals surface area (Å²) in [5.41, 5.74) is 0. The summed E-state index contributed by atoms with van der Waals surface area (Å²) in [5.74, 6) is -2.25. The van der Waals surface area contributed by atoms with Crippen molar-refractivity contribution in [1.29, 1.82) is 0 Å². The molecule has 0 aliphatic carbocycles. The molecule has 0 spiro atoms. The highest BCUT2D eigenvalue weighted by Crippen LogP contribution is 2.14. The molecular weight excluding hydrogens is 176 g/mol. The number of carbonyl (C=O) groups excluding carboxylic acids is 2. The van der Waals surface area contributed by atoms with Crippen molar-refractivity contribution in [2.75, 3.05) is 0 Å². The van der Waals surface area contributed by atoms with E-state index in [1.165, 1.54) is 0 Å². The zero-order chi connectivity index (χ0) is 8.65. The second-order valence-electron chi connectivity index (χ2n) is 1.98. The second kappa shape index (κ2) is 2.28. The second-order valence-corrected chi connectivity index (χ2v) is 3.53. The molecule has 1 aliphatic rings. The molecule has 1 atom stereocenters. The highest BCUT2D eigenvalue weighted by atomic mass is 32.2. The van der Waals surface area contributed by atoms with Crippen molar-refractivity contribution in [2.24, 2.45) is 0 Å². The first-order valence-corrected chi connectivity index (χ1v) is 4.07. The highest BCUT2D eigenvalue weighted by Gasteiger charge is 2.38. The monoisotopic (exact) mass is 179 g/mol. The van der Waals surface area contributed by atoms with Gasteiger partial charge in [-0.05, 0) is 0 Å². The van der Waals surface area contributed by atoms with Gasteiger partial charge in [-0.2, -0.15) is 0 Å². The molecule has 11 heavy (non-hydrogen) atoms. The van der Waals surface area contributed by atoms with Crippen LogP contribution in [0.3, 0.4) is 0 Å². The molecule has 1 heterocycles. The van der Waals surface area contributed by atoms with Gasteiger partial charge < -0.3 is 9.29 Å². The van der Waals surface area contributed by atoms with Crippen LogP contribution in [-0.4, -0.2) is 30.2 Å². The average molecular weight is 179 g/mol. The van der Waals surface area contributed by atoms with Gasteiger partial charge in [0.15, 0.2) is 5.25 Å². The van der Waals surface area contributed by atoms with Crippen molar-refractivity contribution in [3.8, 4) is 0 Å². The van der Waals surface area contributed by atoms with Gasteiger partial charge in [0.25, 0.3) is 0 Å². The summed E-state index contributed by atoms with van der Waals surface area (Å²) in [6.07, 6.45) is -0.662. The van der Waals surface area contributed by atoms with Gasteiger partial charge in [-0.3, -0.25) is 9.59 Å². The number of hydrogen-bond acceptors (Lipinski definition) is 6. The van der Waals surface area contributed by atoms with Crippen molar-refractivity contribution in [3.63, 3.8) is 0 Å². The molecule has 0 radical (unpaired) electrons. The molecular formula is C4H3O6S-. The van der Waals surface area contributed by atoms with Gasteiger partial charge in [0.2, 0.25) is 0 Å². The van der Waals surface area contributed by atoms with Crippen LogP contribution < -0.4 is 0 Å². The van der Waals surface area contributed by atoms with Gasteiger partial charge in [-0.25, -0.2) is 8.42 Å². The highest BCUT2D eigenvalue weighted by molar-refractivity contribution is 7.87. The SMILES string of the molecule is O=C1CC(S(=O)(=O)[O-])C(=O)O1. The Bertz CT molecular complexity index is 301. The lowest BCUT2D eigenvalue weighted by atomic mass is 10.4. The first-order chi connectivity index (χ1) is 4.91. The molecule has 0 N–H and O–H groups in total. The van der Waals surface area contributed by atoms with Crippen LogP contribution >= 0.6 is 0 Å². The van der Waals surface area contributed by atoms with Gasteiger partial charge in [0.1, 0.15) is 10.1 Å². The lowest BCUT2D eigenvalue weighted by molar-refractivity contribution is -0.151. The van der Waals surface area contributed by atoms with Gasteiger partial charge in [0, 0.05) is 0 Å². The quantitative estimate of drug-likeness (QED) is 0.272. The average Bonchev–Trinajstić information content (AvgIpc) is 2.08. The predicted octanol–water partition coefficient (Wildman–Crippen LogP) is -1.63. The topological polar surface area (TPSA) is 101 Å². The number of ether oxygens (including phenoxy) is 1. The van der Waals surface area contributed by atoms with Crippen molar-refractivity contribution in [1.82, 2.24) is 0 Å². The predicted molar refractivity (Wildman–Crippen MR) is 29.2 cm³/mol. The standard InChI is InChI=1S/C4H4O6S/c5-3-1-2(4(6)10-3)11(7,8)9/h2H,1H2,(H,7,8,9)/p-1. The fourth-order valence-electron chi connectivity index (χ4n) is 0.674. The van der Waals surface area contributed by atoms with Gasteiger partial charge in [0.05, 0.1) is 6.42 Å². The molecule has 0 aromatic carbocycles. The zero-order valence-corrected chi connectivity index (χ0v) is 5.96. The van der Waals surface area contributed by atoms with Crippen LogP contribution in [0.2, 0.25) is 0 Å². The fourth-order valence-corrected chi connectivity index (χ4v) is 1.30. The number of cyclic esters (lactones) is 2. The van der Waals surface area contributed by atoms with E-state index in [-0.39, 0.29) is 0 Å². The van der Waals surface area contributed by atoms with Crippen LogP contribution in [0.4, 0.5) is 0 Å². The third-order valence-electron chi connectivity index (χ3n) is 1.18. The van der Waals surface area contributed by atoms with E-state index in [1.54, 1.807) is 0 Å². The van der Waals surface area contributed by atoms with Crippen molar-refractivity contribution < 1.29 is 27.3 Å². The minimum absolute atomic E-state index is 0.662. The lowest BCUT2D eigenvalue weighted by Gasteiger charge is -2.08.